The van der Waals surface area contributed by atoms with Crippen LogP contribution in [0.25, 0.3) is 5.76 Å². The van der Waals surface area contributed by atoms with Crippen molar-refractivity contribution in [2.45, 2.75) is 13.0 Å². The number of rotatable bonds is 6. The molecule has 0 bridgehead atoms. The van der Waals surface area contributed by atoms with Gasteiger partial charge in [-0.25, -0.2) is 0 Å². The van der Waals surface area contributed by atoms with Gasteiger partial charge in [-0.2, -0.15) is 0 Å². The zero-order valence-corrected chi connectivity index (χ0v) is 16.4. The number of ether oxygens (including phenoxy) is 2. The van der Waals surface area contributed by atoms with Gasteiger partial charge in [0.05, 0.1) is 24.3 Å². The molecule has 1 unspecified atom stereocenters. The van der Waals surface area contributed by atoms with Gasteiger partial charge in [-0.05, 0) is 37.3 Å². The number of amides is 1. The third-order valence-electron chi connectivity index (χ3n) is 4.53. The first-order valence-corrected chi connectivity index (χ1v) is 8.94. The minimum absolute atomic E-state index is 0.0557. The van der Waals surface area contributed by atoms with Crippen molar-refractivity contribution in [2.24, 2.45) is 0 Å². The molecule has 0 spiro atoms. The fraction of sp³-hybridized carbons (Fsp3) is 0.300. The molecule has 1 saturated heterocycles. The summed E-state index contributed by atoms with van der Waals surface area (Å²) in [5.74, 6) is -0.493. The number of ketones is 1. The lowest BCUT2D eigenvalue weighted by molar-refractivity contribution is -0.140. The summed E-state index contributed by atoms with van der Waals surface area (Å²) in [6.45, 7) is 2.17. The molecular formula is C20H20ClNO6. The molecule has 1 fully saturated rings. The predicted octanol–water partition coefficient (Wildman–Crippen LogP) is 3.32. The number of methoxy groups -OCH3 is 2. The van der Waals surface area contributed by atoms with E-state index in [0.29, 0.717) is 27.9 Å². The number of carbonyl (C=O) groups excluding carboxylic acids is 2. The molecule has 1 N–H and O–H groups in total. The van der Waals surface area contributed by atoms with Gasteiger partial charge in [-0.1, -0.05) is 11.6 Å². The molecular weight excluding hydrogens is 386 g/mol. The highest BCUT2D eigenvalue weighted by Crippen LogP contribution is 2.40. The molecule has 148 valence electrons. The normalized spacial score (nSPS) is 18.7. The summed E-state index contributed by atoms with van der Waals surface area (Å²) in [6.07, 6.45) is 0. The molecule has 0 aliphatic carbocycles. The van der Waals surface area contributed by atoms with Gasteiger partial charge in [-0.3, -0.25) is 9.59 Å². The summed E-state index contributed by atoms with van der Waals surface area (Å²) in [5.41, 5.74) is 0.249. The number of Topliss-reactive ketones (excluding diaryl/α,β-unsaturated/α-hetero) is 1. The standard InChI is InChI=1S/C20H20ClNO6/c1-11-4-7-14(28-11)17-16(19(24)20(25)22(17)8-9-26-2)18(23)12-5-6-13(21)15(10-12)27-3/h4-7,10,17,23H,8-9H2,1-3H3/b18-16-. The number of aliphatic hydroxyl groups is 1. The molecule has 2 aromatic rings. The Balaban J connectivity index is 2.16. The largest absolute Gasteiger partial charge is 0.507 e. The van der Waals surface area contributed by atoms with Crippen LogP contribution in [0.15, 0.2) is 40.3 Å². The topological polar surface area (TPSA) is 89.2 Å². The highest BCUT2D eigenvalue weighted by molar-refractivity contribution is 6.46. The number of halogens is 1. The van der Waals surface area contributed by atoms with E-state index in [2.05, 4.69) is 0 Å². The number of likely N-dealkylation sites (tertiary alicyclic amines) is 1. The van der Waals surface area contributed by atoms with Crippen LogP contribution in [0.2, 0.25) is 5.02 Å². The first-order chi connectivity index (χ1) is 13.4. The lowest BCUT2D eigenvalue weighted by Crippen LogP contribution is -2.32. The molecule has 1 aliphatic rings. The Morgan fingerprint density at radius 1 is 1.25 bits per heavy atom. The zero-order chi connectivity index (χ0) is 20.4. The number of nitrogens with zero attached hydrogens (tertiary/aromatic N) is 1. The number of aryl methyl sites for hydroxylation is 1. The predicted molar refractivity (Wildman–Crippen MR) is 102 cm³/mol. The second-order valence-electron chi connectivity index (χ2n) is 6.28. The quantitative estimate of drug-likeness (QED) is 0.450. The van der Waals surface area contributed by atoms with Gasteiger partial charge < -0.3 is 23.9 Å². The monoisotopic (exact) mass is 405 g/mol. The summed E-state index contributed by atoms with van der Waals surface area (Å²) in [5, 5.41) is 11.3. The van der Waals surface area contributed by atoms with E-state index in [9.17, 15) is 14.7 Å². The van der Waals surface area contributed by atoms with Crippen LogP contribution in [0.1, 0.15) is 23.1 Å². The molecule has 2 heterocycles. The minimum atomic E-state index is -0.856. The van der Waals surface area contributed by atoms with E-state index in [0.717, 1.165) is 0 Å². The molecule has 1 amide bonds. The van der Waals surface area contributed by atoms with Gasteiger partial charge in [0, 0.05) is 19.2 Å². The van der Waals surface area contributed by atoms with Gasteiger partial charge in [0.1, 0.15) is 29.1 Å². The maximum atomic E-state index is 12.8. The van der Waals surface area contributed by atoms with Crippen molar-refractivity contribution in [3.05, 3.63) is 58.0 Å². The maximum absolute atomic E-state index is 12.8. The molecule has 8 heteroatoms. The van der Waals surface area contributed by atoms with E-state index >= 15 is 0 Å². The molecule has 28 heavy (non-hydrogen) atoms. The molecule has 1 aromatic heterocycles. The van der Waals surface area contributed by atoms with Crippen LogP contribution in [-0.2, 0) is 14.3 Å². The van der Waals surface area contributed by atoms with Gasteiger partial charge in [0.25, 0.3) is 11.7 Å². The van der Waals surface area contributed by atoms with Crippen LogP contribution in [0.5, 0.6) is 5.75 Å². The number of furan rings is 1. The van der Waals surface area contributed by atoms with Crippen LogP contribution in [-0.4, -0.2) is 49.1 Å². The third-order valence-corrected chi connectivity index (χ3v) is 4.84. The fourth-order valence-electron chi connectivity index (χ4n) is 3.16. The highest BCUT2D eigenvalue weighted by atomic mass is 35.5. The smallest absolute Gasteiger partial charge is 0.295 e. The Kier molecular flexibility index (Phi) is 5.76. The van der Waals surface area contributed by atoms with Crippen molar-refractivity contribution in [3.8, 4) is 5.75 Å². The Morgan fingerprint density at radius 3 is 2.61 bits per heavy atom. The number of hydrogen-bond acceptors (Lipinski definition) is 6. The van der Waals surface area contributed by atoms with Crippen molar-refractivity contribution >= 4 is 29.1 Å². The lowest BCUT2D eigenvalue weighted by Gasteiger charge is -2.22. The van der Waals surface area contributed by atoms with E-state index in [1.807, 2.05) is 0 Å². The average molecular weight is 406 g/mol. The van der Waals surface area contributed by atoms with Crippen molar-refractivity contribution in [2.75, 3.05) is 27.4 Å². The molecule has 1 atom stereocenters. The SMILES string of the molecule is COCCN1C(=O)C(=O)/C(=C(\O)c2ccc(Cl)c(OC)c2)C1c1ccc(C)o1. The van der Waals surface area contributed by atoms with Gasteiger partial charge in [0.15, 0.2) is 0 Å². The van der Waals surface area contributed by atoms with Crippen LogP contribution in [0.4, 0.5) is 0 Å². The van der Waals surface area contributed by atoms with Crippen LogP contribution in [0.3, 0.4) is 0 Å². The number of hydrogen-bond donors (Lipinski definition) is 1. The summed E-state index contributed by atoms with van der Waals surface area (Å²) in [4.78, 5) is 26.7. The Labute approximate surface area is 167 Å². The molecule has 0 radical (unpaired) electrons. The molecule has 7 nitrogen and oxygen atoms in total. The van der Waals surface area contributed by atoms with Crippen LogP contribution in [0, 0.1) is 6.92 Å². The first-order valence-electron chi connectivity index (χ1n) is 8.56. The van der Waals surface area contributed by atoms with Crippen LogP contribution >= 0.6 is 11.6 Å². The van der Waals surface area contributed by atoms with Crippen LogP contribution < -0.4 is 4.74 Å². The van der Waals surface area contributed by atoms with Gasteiger partial charge in [0.2, 0.25) is 0 Å². The van der Waals surface area contributed by atoms with E-state index in [1.54, 1.807) is 31.2 Å². The Hall–Kier alpha value is -2.77. The maximum Gasteiger partial charge on any atom is 0.295 e. The van der Waals surface area contributed by atoms with Crippen molar-refractivity contribution in [1.82, 2.24) is 4.90 Å². The first kappa shape index (κ1) is 20.0. The zero-order valence-electron chi connectivity index (χ0n) is 15.7. The Morgan fingerprint density at radius 2 is 2.00 bits per heavy atom. The molecule has 1 aromatic carbocycles. The number of carbonyl (C=O) groups is 2. The summed E-state index contributed by atoms with van der Waals surface area (Å²) in [6, 6.07) is 7.16. The summed E-state index contributed by atoms with van der Waals surface area (Å²) >= 11 is 6.04. The average Bonchev–Trinajstić information content (AvgIpc) is 3.21. The second kappa shape index (κ2) is 8.08. The molecule has 1 aliphatic heterocycles. The highest BCUT2D eigenvalue weighted by Gasteiger charge is 2.47. The van der Waals surface area contributed by atoms with Crippen molar-refractivity contribution in [3.63, 3.8) is 0 Å². The van der Waals surface area contributed by atoms with Crippen molar-refractivity contribution in [1.29, 1.82) is 0 Å². The third kappa shape index (κ3) is 3.50. The number of benzene rings is 1. The Bertz CT molecular complexity index is 948. The van der Waals surface area contributed by atoms with Gasteiger partial charge in [-0.15, -0.1) is 0 Å². The summed E-state index contributed by atoms with van der Waals surface area (Å²) < 4.78 is 15.9. The van der Waals surface area contributed by atoms with E-state index in [-0.39, 0.29) is 24.5 Å². The lowest BCUT2D eigenvalue weighted by atomic mass is 9.99. The van der Waals surface area contributed by atoms with E-state index in [4.69, 9.17) is 25.5 Å². The van der Waals surface area contributed by atoms with E-state index < -0.39 is 17.7 Å². The second-order valence-corrected chi connectivity index (χ2v) is 6.69. The number of aliphatic hydroxyl groups excluding tert-OH is 1. The van der Waals surface area contributed by atoms with E-state index in [1.165, 1.54) is 25.2 Å². The van der Waals surface area contributed by atoms with Gasteiger partial charge >= 0.3 is 0 Å². The molecule has 0 saturated carbocycles. The molecule has 3 rings (SSSR count). The van der Waals surface area contributed by atoms with Crippen molar-refractivity contribution < 1.29 is 28.6 Å². The summed E-state index contributed by atoms with van der Waals surface area (Å²) in [7, 11) is 2.95. The fourth-order valence-corrected chi connectivity index (χ4v) is 3.35. The minimum Gasteiger partial charge on any atom is -0.507 e.